The lowest BCUT2D eigenvalue weighted by atomic mass is 10.1. The maximum Gasteiger partial charge on any atom is 0.0835 e. The second-order valence-corrected chi connectivity index (χ2v) is 4.28. The third-order valence-corrected chi connectivity index (χ3v) is 3.10. The summed E-state index contributed by atoms with van der Waals surface area (Å²) in [6.07, 6.45) is 3.66. The lowest BCUT2D eigenvalue weighted by Crippen LogP contribution is -2.07. The Morgan fingerprint density at radius 1 is 1.35 bits per heavy atom. The summed E-state index contributed by atoms with van der Waals surface area (Å²) in [5.41, 5.74) is 8.91. The van der Waals surface area contributed by atoms with Crippen molar-refractivity contribution in [2.24, 2.45) is 5.73 Å². The number of benzene rings is 1. The normalized spacial score (nSPS) is 10.8. The zero-order valence-electron chi connectivity index (χ0n) is 9.86. The molecular weight excluding hydrogens is 234 g/mol. The van der Waals surface area contributed by atoms with Gasteiger partial charge < -0.3 is 5.73 Å². The van der Waals surface area contributed by atoms with E-state index in [0.717, 1.165) is 18.5 Å². The summed E-state index contributed by atoms with van der Waals surface area (Å²) in [4.78, 5) is 0. The lowest BCUT2D eigenvalue weighted by Gasteiger charge is -2.09. The minimum atomic E-state index is 0.640. The van der Waals surface area contributed by atoms with Crippen molar-refractivity contribution < 1.29 is 0 Å². The van der Waals surface area contributed by atoms with Gasteiger partial charge in [0.05, 0.1) is 16.9 Å². The Morgan fingerprint density at radius 2 is 2.12 bits per heavy atom. The zero-order valence-corrected chi connectivity index (χ0v) is 10.6. The van der Waals surface area contributed by atoms with E-state index in [1.807, 2.05) is 35.1 Å². The van der Waals surface area contributed by atoms with Gasteiger partial charge in [0.25, 0.3) is 0 Å². The van der Waals surface area contributed by atoms with Crippen LogP contribution < -0.4 is 5.73 Å². The van der Waals surface area contributed by atoms with E-state index < -0.39 is 0 Å². The minimum absolute atomic E-state index is 0.640. The third-order valence-electron chi connectivity index (χ3n) is 2.78. The van der Waals surface area contributed by atoms with Gasteiger partial charge in [0.15, 0.2) is 0 Å². The molecule has 1 aromatic heterocycles. The first-order valence-corrected chi connectivity index (χ1v) is 6.16. The number of hydrogen-bond donors (Lipinski definition) is 1. The molecule has 0 saturated carbocycles. The van der Waals surface area contributed by atoms with Crippen LogP contribution >= 0.6 is 11.6 Å². The smallest absolute Gasteiger partial charge is 0.0835 e. The summed E-state index contributed by atoms with van der Waals surface area (Å²) in [5.74, 6) is 0. The molecule has 1 heterocycles. The number of aromatic nitrogens is 2. The van der Waals surface area contributed by atoms with Crippen LogP contribution in [0.2, 0.25) is 5.02 Å². The monoisotopic (exact) mass is 249 g/mol. The van der Waals surface area contributed by atoms with Crippen LogP contribution in [-0.2, 0) is 12.8 Å². The molecule has 2 rings (SSSR count). The van der Waals surface area contributed by atoms with Gasteiger partial charge in [-0.3, -0.25) is 0 Å². The highest BCUT2D eigenvalue weighted by atomic mass is 35.5. The molecule has 2 aromatic rings. The summed E-state index contributed by atoms with van der Waals surface area (Å²) >= 11 is 6.19. The lowest BCUT2D eigenvalue weighted by molar-refractivity contribution is 0.806. The highest BCUT2D eigenvalue weighted by Crippen LogP contribution is 2.22. The number of rotatable bonds is 4. The molecule has 1 aromatic carbocycles. The SMILES string of the molecule is CCc1c(CCN)cnn1-c1ccccc1Cl. The molecule has 17 heavy (non-hydrogen) atoms. The summed E-state index contributed by atoms with van der Waals surface area (Å²) in [5, 5.41) is 5.13. The maximum atomic E-state index is 6.19. The van der Waals surface area contributed by atoms with E-state index in [4.69, 9.17) is 17.3 Å². The molecule has 0 aliphatic heterocycles. The average Bonchev–Trinajstić information content (AvgIpc) is 2.73. The molecule has 0 saturated heterocycles. The first kappa shape index (κ1) is 12.1. The largest absolute Gasteiger partial charge is 0.330 e. The summed E-state index contributed by atoms with van der Waals surface area (Å²) in [7, 11) is 0. The zero-order chi connectivity index (χ0) is 12.3. The second kappa shape index (κ2) is 5.34. The Labute approximate surface area is 106 Å². The second-order valence-electron chi connectivity index (χ2n) is 3.87. The fourth-order valence-electron chi connectivity index (χ4n) is 1.98. The van der Waals surface area contributed by atoms with Gasteiger partial charge in [-0.15, -0.1) is 0 Å². The molecule has 0 amide bonds. The molecule has 0 fully saturated rings. The fourth-order valence-corrected chi connectivity index (χ4v) is 2.20. The molecule has 0 spiro atoms. The van der Waals surface area contributed by atoms with E-state index in [2.05, 4.69) is 12.0 Å². The van der Waals surface area contributed by atoms with E-state index >= 15 is 0 Å². The Hall–Kier alpha value is -1.32. The van der Waals surface area contributed by atoms with Crippen molar-refractivity contribution in [3.63, 3.8) is 0 Å². The molecule has 0 radical (unpaired) electrons. The standard InChI is InChI=1S/C13H16ClN3/c1-2-12-10(7-8-15)9-16-17(12)13-6-4-3-5-11(13)14/h3-6,9H,2,7-8,15H2,1H3. The predicted octanol–water partition coefficient (Wildman–Crippen LogP) is 2.59. The summed E-state index contributed by atoms with van der Waals surface area (Å²) < 4.78 is 1.91. The molecule has 4 heteroatoms. The van der Waals surface area contributed by atoms with Gasteiger partial charge in [0.2, 0.25) is 0 Å². The van der Waals surface area contributed by atoms with Crippen LogP contribution in [0.3, 0.4) is 0 Å². The van der Waals surface area contributed by atoms with Crippen molar-refractivity contribution in [3.05, 3.63) is 46.7 Å². The van der Waals surface area contributed by atoms with Gasteiger partial charge >= 0.3 is 0 Å². The van der Waals surface area contributed by atoms with Crippen LogP contribution in [0.5, 0.6) is 0 Å². The molecule has 0 bridgehead atoms. The van der Waals surface area contributed by atoms with Crippen LogP contribution in [0, 0.1) is 0 Å². The van der Waals surface area contributed by atoms with Crippen molar-refractivity contribution in [1.82, 2.24) is 9.78 Å². The van der Waals surface area contributed by atoms with Crippen LogP contribution in [0.4, 0.5) is 0 Å². The van der Waals surface area contributed by atoms with Crippen LogP contribution in [-0.4, -0.2) is 16.3 Å². The highest BCUT2D eigenvalue weighted by Gasteiger charge is 2.11. The molecule has 0 atom stereocenters. The summed E-state index contributed by atoms with van der Waals surface area (Å²) in [6, 6.07) is 7.73. The van der Waals surface area contributed by atoms with Gasteiger partial charge in [-0.2, -0.15) is 5.10 Å². The average molecular weight is 250 g/mol. The van der Waals surface area contributed by atoms with Crippen LogP contribution in [0.25, 0.3) is 5.69 Å². The van der Waals surface area contributed by atoms with E-state index in [1.54, 1.807) is 0 Å². The molecule has 0 aliphatic carbocycles. The first-order valence-electron chi connectivity index (χ1n) is 5.78. The predicted molar refractivity (Wildman–Crippen MR) is 70.7 cm³/mol. The quantitative estimate of drug-likeness (QED) is 0.905. The van der Waals surface area contributed by atoms with Crippen molar-refractivity contribution in [2.45, 2.75) is 19.8 Å². The van der Waals surface area contributed by atoms with E-state index in [1.165, 1.54) is 11.3 Å². The maximum absolute atomic E-state index is 6.19. The Bertz CT molecular complexity index is 505. The molecule has 0 unspecified atom stereocenters. The number of nitrogens with two attached hydrogens (primary N) is 1. The summed E-state index contributed by atoms with van der Waals surface area (Å²) in [6.45, 7) is 2.76. The van der Waals surface area contributed by atoms with Crippen molar-refractivity contribution in [1.29, 1.82) is 0 Å². The molecule has 2 N–H and O–H groups in total. The van der Waals surface area contributed by atoms with E-state index in [9.17, 15) is 0 Å². The van der Waals surface area contributed by atoms with Gasteiger partial charge in [0, 0.05) is 5.69 Å². The number of nitrogens with zero attached hydrogens (tertiary/aromatic N) is 2. The highest BCUT2D eigenvalue weighted by molar-refractivity contribution is 6.32. The van der Waals surface area contributed by atoms with Gasteiger partial charge in [0.1, 0.15) is 0 Å². The van der Waals surface area contributed by atoms with Crippen LogP contribution in [0.1, 0.15) is 18.2 Å². The third kappa shape index (κ3) is 2.35. The van der Waals surface area contributed by atoms with E-state index in [-0.39, 0.29) is 0 Å². The molecular formula is C13H16ClN3. The Balaban J connectivity index is 2.49. The number of para-hydroxylation sites is 1. The topological polar surface area (TPSA) is 43.8 Å². The molecule has 0 aliphatic rings. The number of halogens is 1. The molecule has 3 nitrogen and oxygen atoms in total. The van der Waals surface area contributed by atoms with Gasteiger partial charge in [-0.25, -0.2) is 4.68 Å². The van der Waals surface area contributed by atoms with Crippen molar-refractivity contribution >= 4 is 11.6 Å². The van der Waals surface area contributed by atoms with Crippen molar-refractivity contribution in [3.8, 4) is 5.69 Å². The van der Waals surface area contributed by atoms with Crippen LogP contribution in [0.15, 0.2) is 30.5 Å². The Morgan fingerprint density at radius 3 is 2.76 bits per heavy atom. The van der Waals surface area contributed by atoms with Crippen molar-refractivity contribution in [2.75, 3.05) is 6.54 Å². The minimum Gasteiger partial charge on any atom is -0.330 e. The molecule has 90 valence electrons. The van der Waals surface area contributed by atoms with Gasteiger partial charge in [-0.1, -0.05) is 30.7 Å². The number of hydrogen-bond acceptors (Lipinski definition) is 2. The first-order chi connectivity index (χ1) is 8.27. The Kier molecular flexibility index (Phi) is 3.82. The van der Waals surface area contributed by atoms with E-state index in [0.29, 0.717) is 11.6 Å². The van der Waals surface area contributed by atoms with Gasteiger partial charge in [-0.05, 0) is 37.1 Å². The fraction of sp³-hybridized carbons (Fsp3) is 0.308.